The quantitative estimate of drug-likeness (QED) is 0.780. The van der Waals surface area contributed by atoms with Crippen molar-refractivity contribution in [3.8, 4) is 0 Å². The third kappa shape index (κ3) is 5.34. The molecule has 2 aromatic carbocycles. The first kappa shape index (κ1) is 16.8. The second-order valence-corrected chi connectivity index (χ2v) is 5.92. The Bertz CT molecular complexity index is 659. The predicted octanol–water partition coefficient (Wildman–Crippen LogP) is 4.07. The molecule has 0 saturated carbocycles. The van der Waals surface area contributed by atoms with Crippen LogP contribution in [-0.2, 0) is 11.2 Å². The summed E-state index contributed by atoms with van der Waals surface area (Å²) in [6.45, 7) is 2.92. The normalized spacial score (nSPS) is 10.5. The fraction of sp³-hybridized carbons (Fsp3) is 0.235. The molecule has 2 aromatic rings. The predicted molar refractivity (Wildman–Crippen MR) is 92.8 cm³/mol. The van der Waals surface area contributed by atoms with Crippen LogP contribution in [0.5, 0.6) is 0 Å². The molecule has 5 heteroatoms. The van der Waals surface area contributed by atoms with E-state index in [4.69, 9.17) is 23.2 Å². The second kappa shape index (κ2) is 8.18. The van der Waals surface area contributed by atoms with Gasteiger partial charge in [0.25, 0.3) is 0 Å². The molecule has 116 valence electrons. The second-order valence-electron chi connectivity index (χ2n) is 5.08. The van der Waals surface area contributed by atoms with Gasteiger partial charge < -0.3 is 10.6 Å². The Kier molecular flexibility index (Phi) is 6.25. The molecular weight excluding hydrogens is 319 g/mol. The van der Waals surface area contributed by atoms with Gasteiger partial charge in [-0.25, -0.2) is 0 Å². The van der Waals surface area contributed by atoms with Gasteiger partial charge in [0.15, 0.2) is 0 Å². The zero-order chi connectivity index (χ0) is 15.9. The van der Waals surface area contributed by atoms with Crippen LogP contribution in [0.4, 0.5) is 5.69 Å². The van der Waals surface area contributed by atoms with Crippen LogP contribution in [0.1, 0.15) is 11.1 Å². The summed E-state index contributed by atoms with van der Waals surface area (Å²) >= 11 is 12.0. The summed E-state index contributed by atoms with van der Waals surface area (Å²) in [5.41, 5.74) is 2.94. The Labute approximate surface area is 140 Å². The van der Waals surface area contributed by atoms with Gasteiger partial charge in [0.05, 0.1) is 6.54 Å². The zero-order valence-corrected chi connectivity index (χ0v) is 13.8. The van der Waals surface area contributed by atoms with E-state index in [9.17, 15) is 4.79 Å². The van der Waals surface area contributed by atoms with Gasteiger partial charge in [0.2, 0.25) is 5.91 Å². The molecule has 0 spiro atoms. The van der Waals surface area contributed by atoms with Crippen molar-refractivity contribution in [2.45, 2.75) is 13.3 Å². The molecule has 0 heterocycles. The molecule has 2 rings (SSSR count). The SMILES string of the molecule is Cc1cccc(NC(=O)CNCCc2ccc(Cl)cc2Cl)c1. The number of carbonyl (C=O) groups is 1. The fourth-order valence-corrected chi connectivity index (χ4v) is 2.58. The average Bonchev–Trinajstić information content (AvgIpc) is 2.45. The molecule has 0 atom stereocenters. The van der Waals surface area contributed by atoms with Gasteiger partial charge in [-0.2, -0.15) is 0 Å². The van der Waals surface area contributed by atoms with Crippen molar-refractivity contribution in [1.82, 2.24) is 5.32 Å². The maximum atomic E-state index is 11.8. The number of halogens is 2. The molecule has 3 nitrogen and oxygen atoms in total. The van der Waals surface area contributed by atoms with E-state index in [1.165, 1.54) is 0 Å². The molecule has 0 bridgehead atoms. The molecule has 22 heavy (non-hydrogen) atoms. The summed E-state index contributed by atoms with van der Waals surface area (Å²) in [6, 6.07) is 13.2. The van der Waals surface area contributed by atoms with E-state index in [1.54, 1.807) is 6.07 Å². The molecule has 0 aliphatic rings. The highest BCUT2D eigenvalue weighted by Gasteiger charge is 2.04. The first-order valence-electron chi connectivity index (χ1n) is 7.06. The summed E-state index contributed by atoms with van der Waals surface area (Å²) in [4.78, 5) is 11.8. The van der Waals surface area contributed by atoms with Crippen LogP contribution in [0, 0.1) is 6.92 Å². The number of rotatable bonds is 6. The van der Waals surface area contributed by atoms with Crippen LogP contribution in [-0.4, -0.2) is 19.0 Å². The van der Waals surface area contributed by atoms with Crippen molar-refractivity contribution in [1.29, 1.82) is 0 Å². The molecular formula is C17H18Cl2N2O. The summed E-state index contributed by atoms with van der Waals surface area (Å²) in [7, 11) is 0. The van der Waals surface area contributed by atoms with E-state index in [1.807, 2.05) is 43.3 Å². The van der Waals surface area contributed by atoms with Crippen molar-refractivity contribution in [2.24, 2.45) is 0 Å². The van der Waals surface area contributed by atoms with E-state index in [2.05, 4.69) is 10.6 Å². The van der Waals surface area contributed by atoms with E-state index < -0.39 is 0 Å². The van der Waals surface area contributed by atoms with Gasteiger partial charge >= 0.3 is 0 Å². The number of carbonyl (C=O) groups excluding carboxylic acids is 1. The molecule has 0 aromatic heterocycles. The van der Waals surface area contributed by atoms with Crippen LogP contribution >= 0.6 is 23.2 Å². The lowest BCUT2D eigenvalue weighted by atomic mass is 10.1. The van der Waals surface area contributed by atoms with Crippen LogP contribution in [0.25, 0.3) is 0 Å². The summed E-state index contributed by atoms with van der Waals surface area (Å²) in [6.07, 6.45) is 0.744. The minimum absolute atomic E-state index is 0.0622. The summed E-state index contributed by atoms with van der Waals surface area (Å²) < 4.78 is 0. The zero-order valence-electron chi connectivity index (χ0n) is 12.3. The highest BCUT2D eigenvalue weighted by atomic mass is 35.5. The Morgan fingerprint density at radius 3 is 2.68 bits per heavy atom. The smallest absolute Gasteiger partial charge is 0.238 e. The van der Waals surface area contributed by atoms with E-state index >= 15 is 0 Å². The minimum Gasteiger partial charge on any atom is -0.325 e. The lowest BCUT2D eigenvalue weighted by Crippen LogP contribution is -2.29. The van der Waals surface area contributed by atoms with E-state index in [0.29, 0.717) is 16.6 Å². The average molecular weight is 337 g/mol. The number of hydrogen-bond donors (Lipinski definition) is 2. The van der Waals surface area contributed by atoms with Crippen molar-refractivity contribution in [2.75, 3.05) is 18.4 Å². The number of anilines is 1. The third-order valence-corrected chi connectivity index (χ3v) is 3.76. The number of hydrogen-bond acceptors (Lipinski definition) is 2. The van der Waals surface area contributed by atoms with Gasteiger partial charge in [0, 0.05) is 15.7 Å². The Morgan fingerprint density at radius 2 is 1.95 bits per heavy atom. The van der Waals surface area contributed by atoms with Crippen LogP contribution in [0.2, 0.25) is 10.0 Å². The first-order chi connectivity index (χ1) is 10.5. The molecule has 0 aliphatic heterocycles. The maximum absolute atomic E-state index is 11.8. The Hall–Kier alpha value is -1.55. The highest BCUT2D eigenvalue weighted by Crippen LogP contribution is 2.21. The van der Waals surface area contributed by atoms with Gasteiger partial charge in [-0.15, -0.1) is 0 Å². The van der Waals surface area contributed by atoms with Crippen molar-refractivity contribution < 1.29 is 4.79 Å². The monoisotopic (exact) mass is 336 g/mol. The Morgan fingerprint density at radius 1 is 1.14 bits per heavy atom. The van der Waals surface area contributed by atoms with Gasteiger partial charge in [0.1, 0.15) is 0 Å². The number of benzene rings is 2. The minimum atomic E-state index is -0.0622. The van der Waals surface area contributed by atoms with Crippen LogP contribution in [0.15, 0.2) is 42.5 Å². The maximum Gasteiger partial charge on any atom is 0.238 e. The molecule has 0 unspecified atom stereocenters. The lowest BCUT2D eigenvalue weighted by Gasteiger charge is -2.08. The lowest BCUT2D eigenvalue weighted by molar-refractivity contribution is -0.115. The summed E-state index contributed by atoms with van der Waals surface area (Å²) in [5, 5.41) is 7.24. The first-order valence-corrected chi connectivity index (χ1v) is 7.81. The number of aryl methyl sites for hydroxylation is 1. The van der Waals surface area contributed by atoms with E-state index in [-0.39, 0.29) is 12.5 Å². The molecule has 1 amide bonds. The summed E-state index contributed by atoms with van der Waals surface area (Å²) in [5.74, 6) is -0.0622. The Balaban J connectivity index is 1.73. The number of amides is 1. The van der Waals surface area contributed by atoms with E-state index in [0.717, 1.165) is 23.2 Å². The fourth-order valence-electron chi connectivity index (χ4n) is 2.08. The standard InChI is InChI=1S/C17H18Cl2N2O/c1-12-3-2-4-15(9-12)21-17(22)11-20-8-7-13-5-6-14(18)10-16(13)19/h2-6,9-10,20H,7-8,11H2,1H3,(H,21,22). The van der Waals surface area contributed by atoms with Gasteiger partial charge in [-0.1, -0.05) is 41.4 Å². The number of nitrogens with one attached hydrogen (secondary N) is 2. The van der Waals surface area contributed by atoms with Crippen LogP contribution in [0.3, 0.4) is 0 Å². The topological polar surface area (TPSA) is 41.1 Å². The molecule has 0 fully saturated rings. The van der Waals surface area contributed by atoms with Crippen LogP contribution < -0.4 is 10.6 Å². The largest absolute Gasteiger partial charge is 0.325 e. The van der Waals surface area contributed by atoms with Gasteiger partial charge in [-0.3, -0.25) is 4.79 Å². The molecule has 0 saturated heterocycles. The molecule has 0 aliphatic carbocycles. The molecule has 2 N–H and O–H groups in total. The van der Waals surface area contributed by atoms with Crippen molar-refractivity contribution in [3.63, 3.8) is 0 Å². The molecule has 0 radical (unpaired) electrons. The van der Waals surface area contributed by atoms with Crippen molar-refractivity contribution in [3.05, 3.63) is 63.6 Å². The van der Waals surface area contributed by atoms with Gasteiger partial charge in [-0.05, 0) is 55.3 Å². The highest BCUT2D eigenvalue weighted by molar-refractivity contribution is 6.35. The third-order valence-electron chi connectivity index (χ3n) is 3.17. The van der Waals surface area contributed by atoms with Crippen molar-refractivity contribution >= 4 is 34.8 Å².